The molecule has 0 N–H and O–H groups in total. The minimum atomic E-state index is 0.420. The van der Waals surface area contributed by atoms with Crippen LogP contribution in [0.15, 0.2) is 77.3 Å². The monoisotopic (exact) mass is 446 g/mol. The van der Waals surface area contributed by atoms with E-state index in [2.05, 4.69) is 20.9 Å². The largest absolute Gasteiger partial charge is 0.497 e. The molecule has 4 aromatic rings. The second-order valence-electron chi connectivity index (χ2n) is 6.42. The number of nitrogens with zero attached hydrogens (tertiary/aromatic N) is 2. The zero-order valence-electron chi connectivity index (χ0n) is 15.9. The van der Waals surface area contributed by atoms with Gasteiger partial charge in [0.15, 0.2) is 0 Å². The highest BCUT2D eigenvalue weighted by Gasteiger charge is 2.08. The molecule has 0 unspecified atom stereocenters. The van der Waals surface area contributed by atoms with Gasteiger partial charge in [0.25, 0.3) is 0 Å². The van der Waals surface area contributed by atoms with E-state index in [0.29, 0.717) is 18.2 Å². The molecule has 4 rings (SSSR count). The van der Waals surface area contributed by atoms with Crippen LogP contribution in [0.25, 0.3) is 23.2 Å². The molecule has 0 amide bonds. The van der Waals surface area contributed by atoms with Crippen LogP contribution in [0.3, 0.4) is 0 Å². The van der Waals surface area contributed by atoms with Gasteiger partial charge >= 0.3 is 0 Å². The SMILES string of the molecule is COc1ccc(/C=C/c2nc3ccccc3nc2OCc2ccc(Br)cc2)cc1. The Morgan fingerprint density at radius 2 is 1.52 bits per heavy atom. The number of fused-ring (bicyclic) bond motifs is 1. The summed E-state index contributed by atoms with van der Waals surface area (Å²) in [5.41, 5.74) is 4.43. The van der Waals surface area contributed by atoms with Gasteiger partial charge < -0.3 is 9.47 Å². The number of hydrogen-bond acceptors (Lipinski definition) is 4. The maximum atomic E-state index is 6.04. The number of halogens is 1. The van der Waals surface area contributed by atoms with E-state index < -0.39 is 0 Å². The lowest BCUT2D eigenvalue weighted by molar-refractivity contribution is 0.293. The van der Waals surface area contributed by atoms with Gasteiger partial charge in [-0.15, -0.1) is 0 Å². The van der Waals surface area contributed by atoms with Crippen LogP contribution in [0.5, 0.6) is 11.6 Å². The summed E-state index contributed by atoms with van der Waals surface area (Å²) in [4.78, 5) is 9.43. The Morgan fingerprint density at radius 3 is 2.21 bits per heavy atom. The molecule has 4 nitrogen and oxygen atoms in total. The number of methoxy groups -OCH3 is 1. The van der Waals surface area contributed by atoms with Gasteiger partial charge in [0.05, 0.1) is 18.1 Å². The second kappa shape index (κ2) is 8.88. The zero-order valence-corrected chi connectivity index (χ0v) is 17.5. The normalized spacial score (nSPS) is 11.1. The van der Waals surface area contributed by atoms with Crippen LogP contribution in [0.1, 0.15) is 16.8 Å². The van der Waals surface area contributed by atoms with Crippen LogP contribution < -0.4 is 9.47 Å². The third kappa shape index (κ3) is 4.81. The molecular weight excluding hydrogens is 428 g/mol. The molecule has 0 aliphatic carbocycles. The average molecular weight is 447 g/mol. The molecule has 1 heterocycles. The van der Waals surface area contributed by atoms with E-state index in [0.717, 1.165) is 32.4 Å². The molecule has 0 aliphatic rings. The van der Waals surface area contributed by atoms with E-state index in [1.165, 1.54) is 0 Å². The number of hydrogen-bond donors (Lipinski definition) is 0. The molecule has 0 atom stereocenters. The first-order valence-corrected chi connectivity index (χ1v) is 9.97. The first kappa shape index (κ1) is 19.2. The lowest BCUT2D eigenvalue weighted by Crippen LogP contribution is -2.01. The van der Waals surface area contributed by atoms with Crippen molar-refractivity contribution in [2.45, 2.75) is 6.61 Å². The number of benzene rings is 3. The summed E-state index contributed by atoms with van der Waals surface area (Å²) in [5.74, 6) is 1.34. The van der Waals surface area contributed by atoms with Crippen molar-refractivity contribution in [3.8, 4) is 11.6 Å². The molecule has 0 fully saturated rings. The molecule has 0 radical (unpaired) electrons. The van der Waals surface area contributed by atoms with Crippen LogP contribution in [-0.2, 0) is 6.61 Å². The topological polar surface area (TPSA) is 44.2 Å². The quantitative estimate of drug-likeness (QED) is 0.356. The van der Waals surface area contributed by atoms with Gasteiger partial charge in [-0.3, -0.25) is 0 Å². The van der Waals surface area contributed by atoms with E-state index in [-0.39, 0.29) is 0 Å². The van der Waals surface area contributed by atoms with Crippen molar-refractivity contribution in [2.24, 2.45) is 0 Å². The van der Waals surface area contributed by atoms with Gasteiger partial charge in [0.1, 0.15) is 18.1 Å². The van der Waals surface area contributed by atoms with Crippen LogP contribution in [0, 0.1) is 0 Å². The Hall–Kier alpha value is -3.18. The maximum absolute atomic E-state index is 6.04. The van der Waals surface area contributed by atoms with Crippen LogP contribution >= 0.6 is 15.9 Å². The molecule has 0 bridgehead atoms. The smallest absolute Gasteiger partial charge is 0.240 e. The van der Waals surface area contributed by atoms with Gasteiger partial charge in [0, 0.05) is 4.47 Å². The van der Waals surface area contributed by atoms with Crippen molar-refractivity contribution >= 4 is 39.1 Å². The molecule has 0 spiro atoms. The lowest BCUT2D eigenvalue weighted by Gasteiger charge is -2.09. The van der Waals surface area contributed by atoms with Crippen molar-refractivity contribution in [3.05, 3.63) is 94.1 Å². The van der Waals surface area contributed by atoms with Gasteiger partial charge in [-0.25, -0.2) is 9.97 Å². The Bertz CT molecular complexity index is 1140. The maximum Gasteiger partial charge on any atom is 0.240 e. The van der Waals surface area contributed by atoms with Crippen LogP contribution in [0.4, 0.5) is 0 Å². The van der Waals surface area contributed by atoms with E-state index >= 15 is 0 Å². The third-order valence-corrected chi connectivity index (χ3v) is 4.93. The highest BCUT2D eigenvalue weighted by atomic mass is 79.9. The lowest BCUT2D eigenvalue weighted by atomic mass is 10.2. The molecule has 1 aromatic heterocycles. The fourth-order valence-corrected chi connectivity index (χ4v) is 3.10. The fraction of sp³-hybridized carbons (Fsp3) is 0.0833. The van der Waals surface area contributed by atoms with Gasteiger partial charge in [-0.05, 0) is 53.6 Å². The minimum Gasteiger partial charge on any atom is -0.497 e. The molecule has 0 saturated heterocycles. The van der Waals surface area contributed by atoms with Gasteiger partial charge in [-0.1, -0.05) is 58.4 Å². The summed E-state index contributed by atoms with van der Waals surface area (Å²) >= 11 is 3.45. The Labute approximate surface area is 178 Å². The standard InChI is InChI=1S/C24H19BrN2O2/c1-28-20-13-8-17(9-14-20)10-15-23-24(27-22-5-3-2-4-21(22)26-23)29-16-18-6-11-19(25)12-7-18/h2-15H,16H2,1H3/b15-10+. The van der Waals surface area contributed by atoms with Gasteiger partial charge in [0.2, 0.25) is 5.88 Å². The van der Waals surface area contributed by atoms with E-state index in [9.17, 15) is 0 Å². The Morgan fingerprint density at radius 1 is 0.828 bits per heavy atom. The average Bonchev–Trinajstić information content (AvgIpc) is 2.77. The van der Waals surface area contributed by atoms with Crippen LogP contribution in [0.2, 0.25) is 0 Å². The summed E-state index contributed by atoms with van der Waals surface area (Å²) in [6.45, 7) is 0.420. The molecule has 0 saturated carbocycles. The van der Waals surface area contributed by atoms with E-state index in [1.54, 1.807) is 7.11 Å². The first-order valence-electron chi connectivity index (χ1n) is 9.17. The van der Waals surface area contributed by atoms with Crippen molar-refractivity contribution in [2.75, 3.05) is 7.11 Å². The highest BCUT2D eigenvalue weighted by molar-refractivity contribution is 9.10. The molecule has 5 heteroatoms. The Kier molecular flexibility index (Phi) is 5.86. The highest BCUT2D eigenvalue weighted by Crippen LogP contribution is 2.23. The summed E-state index contributed by atoms with van der Waals surface area (Å²) in [6.07, 6.45) is 3.92. The van der Waals surface area contributed by atoms with Crippen LogP contribution in [-0.4, -0.2) is 17.1 Å². The fourth-order valence-electron chi connectivity index (χ4n) is 2.83. The predicted octanol–water partition coefficient (Wildman–Crippen LogP) is 6.15. The molecule has 0 aliphatic heterocycles. The number of ether oxygens (including phenoxy) is 2. The minimum absolute atomic E-state index is 0.420. The zero-order chi connectivity index (χ0) is 20.1. The molecular formula is C24H19BrN2O2. The number of rotatable bonds is 6. The van der Waals surface area contributed by atoms with Gasteiger partial charge in [-0.2, -0.15) is 0 Å². The van der Waals surface area contributed by atoms with E-state index in [4.69, 9.17) is 14.5 Å². The molecule has 29 heavy (non-hydrogen) atoms. The summed E-state index contributed by atoms with van der Waals surface area (Å²) in [5, 5.41) is 0. The first-order chi connectivity index (χ1) is 14.2. The predicted molar refractivity (Wildman–Crippen MR) is 120 cm³/mol. The second-order valence-corrected chi connectivity index (χ2v) is 7.34. The van der Waals surface area contributed by atoms with Crippen molar-refractivity contribution < 1.29 is 9.47 Å². The summed E-state index contributed by atoms with van der Waals surface area (Å²) < 4.78 is 12.3. The van der Waals surface area contributed by atoms with E-state index in [1.807, 2.05) is 84.9 Å². The molecule has 144 valence electrons. The van der Waals surface area contributed by atoms with Crippen molar-refractivity contribution in [1.29, 1.82) is 0 Å². The Balaban J connectivity index is 1.63. The molecule has 3 aromatic carbocycles. The summed E-state index contributed by atoms with van der Waals surface area (Å²) in [6, 6.07) is 23.7. The van der Waals surface area contributed by atoms with Crippen molar-refractivity contribution in [3.63, 3.8) is 0 Å². The number of aromatic nitrogens is 2. The number of para-hydroxylation sites is 2. The third-order valence-electron chi connectivity index (χ3n) is 4.40. The summed E-state index contributed by atoms with van der Waals surface area (Å²) in [7, 11) is 1.66. The van der Waals surface area contributed by atoms with Crippen molar-refractivity contribution in [1.82, 2.24) is 9.97 Å².